The fraction of sp³-hybridized carbons (Fsp3) is 0.308. The molecule has 9 rings (SSSR count). The average Bonchev–Trinajstić information content (AvgIpc) is 4.01. The van der Waals surface area contributed by atoms with Crippen LogP contribution in [0.1, 0.15) is 51.8 Å². The molecule has 4 aliphatic heterocycles. The molecule has 280 valence electrons. The number of hydrogen-bond acceptors (Lipinski definition) is 10. The van der Waals surface area contributed by atoms with Crippen molar-refractivity contribution in [2.45, 2.75) is 44.9 Å². The van der Waals surface area contributed by atoms with E-state index in [1.807, 2.05) is 34.9 Å². The van der Waals surface area contributed by atoms with Crippen molar-refractivity contribution in [2.75, 3.05) is 47.8 Å². The summed E-state index contributed by atoms with van der Waals surface area (Å²) >= 11 is 1.28. The fourth-order valence-corrected chi connectivity index (χ4v) is 8.55. The number of halogens is 1. The number of aromatic nitrogens is 4. The number of aryl methyl sites for hydroxylation is 1. The van der Waals surface area contributed by atoms with E-state index in [4.69, 9.17) is 0 Å². The molecule has 1 unspecified atom stereocenters. The van der Waals surface area contributed by atoms with Gasteiger partial charge < -0.3 is 14.4 Å². The Morgan fingerprint density at radius 1 is 0.945 bits per heavy atom. The third-order valence-corrected chi connectivity index (χ3v) is 11.5. The molecule has 4 aliphatic rings. The molecule has 0 spiro atoms. The van der Waals surface area contributed by atoms with E-state index in [1.54, 1.807) is 41.3 Å². The van der Waals surface area contributed by atoms with Crippen molar-refractivity contribution in [3.05, 3.63) is 107 Å². The summed E-state index contributed by atoms with van der Waals surface area (Å²) in [5.74, 6) is -1.62. The number of imide groups is 1. The monoisotopic (exact) mass is 760 g/mol. The zero-order valence-corrected chi connectivity index (χ0v) is 30.6. The zero-order chi connectivity index (χ0) is 37.6. The molecule has 1 atom stereocenters. The lowest BCUT2D eigenvalue weighted by Gasteiger charge is -2.37. The number of nitrogens with one attached hydrogen (secondary N) is 2. The molecule has 2 saturated heterocycles. The third-order valence-electron chi connectivity index (χ3n) is 10.9. The summed E-state index contributed by atoms with van der Waals surface area (Å²) in [5.41, 5.74) is 6.00. The predicted octanol–water partition coefficient (Wildman–Crippen LogP) is 4.59. The molecule has 0 radical (unpaired) electrons. The SMILES string of the molecule is O=C1CCN(c2cnccc2CN2CCN(c3ccc(-c4cc(F)c5c(c4)C(=O)N(C(C(=O)Nc4nccs4)c4ncn6c4CCC6)C5)cc3)CC2)C(=O)N1. The minimum absolute atomic E-state index is 0.0511. The Balaban J connectivity index is 0.884. The molecule has 0 bridgehead atoms. The number of pyridine rings is 1. The zero-order valence-electron chi connectivity index (χ0n) is 29.8. The summed E-state index contributed by atoms with van der Waals surface area (Å²) in [6, 6.07) is 11.5. The first-order valence-electron chi connectivity index (χ1n) is 18.3. The lowest BCUT2D eigenvalue weighted by molar-refractivity contribution is -0.121. The highest BCUT2D eigenvalue weighted by Gasteiger charge is 2.42. The molecule has 0 saturated carbocycles. The van der Waals surface area contributed by atoms with Gasteiger partial charge in [-0.05, 0) is 59.9 Å². The van der Waals surface area contributed by atoms with Crippen LogP contribution in [0.25, 0.3) is 11.1 Å². The van der Waals surface area contributed by atoms with Gasteiger partial charge in [0.05, 0.1) is 30.5 Å². The van der Waals surface area contributed by atoms with Gasteiger partial charge in [0.25, 0.3) is 11.8 Å². The molecular formula is C39H37FN10O4S. The van der Waals surface area contributed by atoms with E-state index in [1.165, 1.54) is 22.3 Å². The number of imidazole rings is 1. The van der Waals surface area contributed by atoms with Gasteiger partial charge in [-0.3, -0.25) is 39.8 Å². The van der Waals surface area contributed by atoms with E-state index >= 15 is 4.39 Å². The Kier molecular flexibility index (Phi) is 9.06. The van der Waals surface area contributed by atoms with E-state index in [2.05, 4.69) is 35.4 Å². The number of carbonyl (C=O) groups is 4. The number of nitrogens with zero attached hydrogens (tertiary/aromatic N) is 8. The molecule has 2 fully saturated rings. The van der Waals surface area contributed by atoms with Crippen LogP contribution in [0.5, 0.6) is 0 Å². The average molecular weight is 761 g/mol. The quantitative estimate of drug-likeness (QED) is 0.220. The van der Waals surface area contributed by atoms with Gasteiger partial charge >= 0.3 is 6.03 Å². The molecular weight excluding hydrogens is 724 g/mol. The number of amides is 5. The summed E-state index contributed by atoms with van der Waals surface area (Å²) in [5, 5.41) is 7.40. The van der Waals surface area contributed by atoms with Crippen LogP contribution in [-0.4, -0.2) is 85.8 Å². The summed E-state index contributed by atoms with van der Waals surface area (Å²) in [6.45, 7) is 4.88. The van der Waals surface area contributed by atoms with Gasteiger partial charge in [0.2, 0.25) is 5.91 Å². The molecule has 2 N–H and O–H groups in total. The molecule has 55 heavy (non-hydrogen) atoms. The summed E-state index contributed by atoms with van der Waals surface area (Å²) in [6.07, 6.45) is 8.61. The van der Waals surface area contributed by atoms with Crippen LogP contribution >= 0.6 is 11.3 Å². The van der Waals surface area contributed by atoms with Gasteiger partial charge in [0.15, 0.2) is 11.2 Å². The van der Waals surface area contributed by atoms with Crippen LogP contribution in [0.2, 0.25) is 0 Å². The number of fused-ring (bicyclic) bond motifs is 2. The van der Waals surface area contributed by atoms with Crippen LogP contribution in [0.4, 0.5) is 25.7 Å². The van der Waals surface area contributed by atoms with Gasteiger partial charge in [-0.2, -0.15) is 0 Å². The maximum atomic E-state index is 15.9. The van der Waals surface area contributed by atoms with Gasteiger partial charge in [-0.15, -0.1) is 11.3 Å². The highest BCUT2D eigenvalue weighted by Crippen LogP contribution is 2.38. The van der Waals surface area contributed by atoms with E-state index < -0.39 is 29.7 Å². The normalized spacial score (nSPS) is 17.7. The first-order chi connectivity index (χ1) is 26.8. The van der Waals surface area contributed by atoms with Crippen molar-refractivity contribution < 1.29 is 23.6 Å². The first-order valence-corrected chi connectivity index (χ1v) is 19.2. The maximum absolute atomic E-state index is 15.9. The van der Waals surface area contributed by atoms with Crippen molar-refractivity contribution in [1.29, 1.82) is 0 Å². The van der Waals surface area contributed by atoms with Crippen LogP contribution in [0.15, 0.2) is 72.8 Å². The summed E-state index contributed by atoms with van der Waals surface area (Å²) < 4.78 is 17.9. The number of benzene rings is 2. The standard InChI is InChI=1S/C39H37FN10O4S/c40-30-19-26(18-28-29(30)22-50(37(28)53)35(36(52)45-38-42-10-17-55-38)34-31-2-1-11-48(31)23-43-34)24-3-5-27(6-4-24)47-15-13-46(14-16-47)21-25-7-9-41-20-32(25)49-12-8-33(51)44-39(49)54/h3-7,9-10,17-20,23,35H,1-2,8,11-16,21-22H2,(H,42,45,52)(H,44,51,54). The van der Waals surface area contributed by atoms with Crippen molar-refractivity contribution >= 4 is 51.6 Å². The summed E-state index contributed by atoms with van der Waals surface area (Å²) in [4.78, 5) is 72.7. The number of rotatable bonds is 9. The topological polar surface area (TPSA) is 149 Å². The number of anilines is 3. The first kappa shape index (κ1) is 34.7. The number of piperazine rings is 1. The van der Waals surface area contributed by atoms with Gasteiger partial charge in [0.1, 0.15) is 5.82 Å². The summed E-state index contributed by atoms with van der Waals surface area (Å²) in [7, 11) is 0. The second-order valence-electron chi connectivity index (χ2n) is 14.1. The highest BCUT2D eigenvalue weighted by molar-refractivity contribution is 7.13. The molecule has 5 aromatic rings. The van der Waals surface area contributed by atoms with Crippen LogP contribution in [0, 0.1) is 5.82 Å². The Bertz CT molecular complexity index is 2310. The van der Waals surface area contributed by atoms with E-state index in [-0.39, 0.29) is 30.0 Å². The molecule has 2 aromatic carbocycles. The van der Waals surface area contributed by atoms with Crippen molar-refractivity contribution in [1.82, 2.24) is 34.6 Å². The van der Waals surface area contributed by atoms with E-state index in [0.29, 0.717) is 35.2 Å². The maximum Gasteiger partial charge on any atom is 0.328 e. The Hall–Kier alpha value is -6.00. The van der Waals surface area contributed by atoms with Gasteiger partial charge in [-0.25, -0.2) is 19.2 Å². The molecule has 0 aliphatic carbocycles. The molecule has 3 aromatic heterocycles. The van der Waals surface area contributed by atoms with E-state index in [9.17, 15) is 19.2 Å². The molecule has 5 amide bonds. The van der Waals surface area contributed by atoms with Crippen LogP contribution in [-0.2, 0) is 35.6 Å². The van der Waals surface area contributed by atoms with E-state index in [0.717, 1.165) is 68.1 Å². The lowest BCUT2D eigenvalue weighted by atomic mass is 9.99. The number of urea groups is 1. The Labute approximate surface area is 319 Å². The van der Waals surface area contributed by atoms with Crippen LogP contribution < -0.4 is 20.4 Å². The Morgan fingerprint density at radius 2 is 1.78 bits per heavy atom. The smallest absolute Gasteiger partial charge is 0.328 e. The number of thiazole rings is 1. The van der Waals surface area contributed by atoms with Crippen LogP contribution in [0.3, 0.4) is 0 Å². The van der Waals surface area contributed by atoms with Gasteiger partial charge in [0, 0.05) is 92.5 Å². The second-order valence-corrected chi connectivity index (χ2v) is 15.0. The predicted molar refractivity (Wildman–Crippen MR) is 203 cm³/mol. The van der Waals surface area contributed by atoms with Gasteiger partial charge in [-0.1, -0.05) is 12.1 Å². The minimum atomic E-state index is -1.05. The molecule has 16 heteroatoms. The molecule has 14 nitrogen and oxygen atoms in total. The third kappa shape index (κ3) is 6.61. The lowest BCUT2D eigenvalue weighted by Crippen LogP contribution is -2.50. The van der Waals surface area contributed by atoms with Crippen molar-refractivity contribution in [3.8, 4) is 11.1 Å². The van der Waals surface area contributed by atoms with Crippen molar-refractivity contribution in [3.63, 3.8) is 0 Å². The highest BCUT2D eigenvalue weighted by atomic mass is 32.1. The second kappa shape index (κ2) is 14.3. The van der Waals surface area contributed by atoms with Crippen molar-refractivity contribution in [2.24, 2.45) is 0 Å². The number of carbonyl (C=O) groups excluding carboxylic acids is 4. The number of hydrogen-bond donors (Lipinski definition) is 2. The molecule has 7 heterocycles. The fourth-order valence-electron chi connectivity index (χ4n) is 8.02. The Morgan fingerprint density at radius 3 is 2.56 bits per heavy atom. The minimum Gasteiger partial charge on any atom is -0.369 e. The largest absolute Gasteiger partial charge is 0.369 e.